The molecule has 0 N–H and O–H groups in total. The van der Waals surface area contributed by atoms with Crippen LogP contribution in [0.5, 0.6) is 5.75 Å². The second kappa shape index (κ2) is 14.5. The molecule has 172 valence electrons. The average Bonchev–Trinajstić information content (AvgIpc) is 2.79. The molecule has 1 atom stereocenters. The lowest BCUT2D eigenvalue weighted by atomic mass is 10.1. The van der Waals surface area contributed by atoms with Gasteiger partial charge in [0, 0.05) is 12.3 Å². The van der Waals surface area contributed by atoms with E-state index in [4.69, 9.17) is 21.1 Å². The summed E-state index contributed by atoms with van der Waals surface area (Å²) >= 11 is 6.15. The Morgan fingerprint density at radius 1 is 1.03 bits per heavy atom. The summed E-state index contributed by atoms with van der Waals surface area (Å²) in [6, 6.07) is 15.6. The molecule has 0 aliphatic rings. The number of carbonyl (C=O) groups excluding carboxylic acids is 1. The second-order valence-corrected chi connectivity index (χ2v) is 8.78. The largest absolute Gasteiger partial charge is 0.494 e. The summed E-state index contributed by atoms with van der Waals surface area (Å²) < 4.78 is 10.9. The minimum atomic E-state index is -0.390. The summed E-state index contributed by atoms with van der Waals surface area (Å²) in [6.07, 6.45) is 9.24. The maximum Gasteiger partial charge on any atom is 0.330 e. The van der Waals surface area contributed by atoms with Crippen LogP contribution in [0.2, 0.25) is 0 Å². The molecule has 0 bridgehead atoms. The predicted octanol–water partition coefficient (Wildman–Crippen LogP) is 7.22. The predicted molar refractivity (Wildman–Crippen MR) is 134 cm³/mol. The van der Waals surface area contributed by atoms with Gasteiger partial charge in [-0.1, -0.05) is 45.7 Å². The lowest BCUT2D eigenvalue weighted by Crippen LogP contribution is -2.14. The van der Waals surface area contributed by atoms with E-state index < -0.39 is 0 Å². The fourth-order valence-electron chi connectivity index (χ4n) is 2.98. The average molecular weight is 456 g/mol. The fourth-order valence-corrected chi connectivity index (χ4v) is 3.40. The van der Waals surface area contributed by atoms with Crippen molar-refractivity contribution in [2.45, 2.75) is 51.8 Å². The molecule has 32 heavy (non-hydrogen) atoms. The van der Waals surface area contributed by atoms with Crippen LogP contribution in [0.25, 0.3) is 6.08 Å². The van der Waals surface area contributed by atoms with E-state index in [9.17, 15) is 4.79 Å². The summed E-state index contributed by atoms with van der Waals surface area (Å²) in [5, 5.41) is -0.154. The quantitative estimate of drug-likeness (QED) is 0.105. The molecule has 0 amide bonds. The topological polar surface area (TPSA) is 47.9 Å². The van der Waals surface area contributed by atoms with Crippen LogP contribution in [0.15, 0.2) is 59.6 Å². The van der Waals surface area contributed by atoms with Crippen LogP contribution in [0.4, 0.5) is 5.69 Å². The van der Waals surface area contributed by atoms with Gasteiger partial charge in [-0.2, -0.15) is 0 Å². The molecular formula is C27H34ClNO3. The molecule has 0 radical (unpaired) electrons. The zero-order chi connectivity index (χ0) is 23.2. The Kier molecular flexibility index (Phi) is 11.6. The molecule has 2 rings (SSSR count). The Labute approximate surface area is 197 Å². The number of unbranched alkanes of at least 4 members (excludes halogenated alkanes) is 2. The maximum atomic E-state index is 11.8. The third-order valence-corrected chi connectivity index (χ3v) is 5.00. The monoisotopic (exact) mass is 455 g/mol. The van der Waals surface area contributed by atoms with Crippen molar-refractivity contribution >= 4 is 35.5 Å². The van der Waals surface area contributed by atoms with Crippen LogP contribution >= 0.6 is 11.6 Å². The number of halogens is 1. The van der Waals surface area contributed by atoms with Crippen LogP contribution in [0, 0.1) is 5.92 Å². The molecule has 2 aromatic rings. The van der Waals surface area contributed by atoms with Gasteiger partial charge in [0.15, 0.2) is 0 Å². The first-order valence-corrected chi connectivity index (χ1v) is 11.8. The van der Waals surface area contributed by atoms with Crippen molar-refractivity contribution < 1.29 is 14.3 Å². The van der Waals surface area contributed by atoms with Gasteiger partial charge in [-0.3, -0.25) is 4.99 Å². The number of rotatable bonds is 13. The van der Waals surface area contributed by atoms with Gasteiger partial charge in [-0.15, -0.1) is 11.6 Å². The third-order valence-electron chi connectivity index (χ3n) is 4.70. The van der Waals surface area contributed by atoms with Crippen molar-refractivity contribution in [2.24, 2.45) is 10.9 Å². The number of alkyl halides is 1. The molecule has 0 fully saturated rings. The second-order valence-electron chi connectivity index (χ2n) is 8.16. The van der Waals surface area contributed by atoms with E-state index in [-0.39, 0.29) is 18.0 Å². The highest BCUT2D eigenvalue weighted by atomic mass is 35.5. The highest BCUT2D eigenvalue weighted by molar-refractivity contribution is 6.20. The minimum Gasteiger partial charge on any atom is -0.494 e. The molecule has 2 aromatic carbocycles. The van der Waals surface area contributed by atoms with E-state index >= 15 is 0 Å². The molecule has 5 heteroatoms. The Morgan fingerprint density at radius 2 is 1.72 bits per heavy atom. The summed E-state index contributed by atoms with van der Waals surface area (Å²) in [6.45, 7) is 7.34. The number of carbonyl (C=O) groups is 1. The molecular weight excluding hydrogens is 422 g/mol. The van der Waals surface area contributed by atoms with E-state index in [1.807, 2.05) is 54.7 Å². The van der Waals surface area contributed by atoms with E-state index in [0.717, 1.165) is 42.0 Å². The maximum absolute atomic E-state index is 11.8. The lowest BCUT2D eigenvalue weighted by Gasteiger charge is -2.11. The first-order chi connectivity index (χ1) is 15.5. The van der Waals surface area contributed by atoms with Crippen molar-refractivity contribution in [2.75, 3.05) is 13.2 Å². The zero-order valence-corrected chi connectivity index (χ0v) is 20.1. The van der Waals surface area contributed by atoms with Gasteiger partial charge in [-0.05, 0) is 72.4 Å². The van der Waals surface area contributed by atoms with Crippen LogP contribution < -0.4 is 4.74 Å². The number of hydrogen-bond donors (Lipinski definition) is 0. The third kappa shape index (κ3) is 10.6. The minimum absolute atomic E-state index is 0.154. The Bertz CT molecular complexity index is 857. The SMILES string of the molecule is CCCCCOc1ccc(C=Nc2ccc(/C=C/C(=O)OCC(Cl)CC(C)C)cc2)cc1. The van der Waals surface area contributed by atoms with E-state index in [1.165, 1.54) is 18.9 Å². The van der Waals surface area contributed by atoms with Crippen LogP contribution in [-0.2, 0) is 9.53 Å². The molecule has 0 saturated heterocycles. The van der Waals surface area contributed by atoms with Gasteiger partial charge >= 0.3 is 5.97 Å². The molecule has 0 aliphatic heterocycles. The van der Waals surface area contributed by atoms with E-state index in [2.05, 4.69) is 25.8 Å². The first-order valence-electron chi connectivity index (χ1n) is 11.3. The smallest absolute Gasteiger partial charge is 0.330 e. The molecule has 1 unspecified atom stereocenters. The van der Waals surface area contributed by atoms with Gasteiger partial charge in [0.25, 0.3) is 0 Å². The van der Waals surface area contributed by atoms with E-state index in [0.29, 0.717) is 5.92 Å². The molecule has 4 nitrogen and oxygen atoms in total. The van der Waals surface area contributed by atoms with Crippen LogP contribution in [-0.4, -0.2) is 30.8 Å². The number of benzene rings is 2. The summed E-state index contributed by atoms with van der Waals surface area (Å²) in [5.74, 6) is 0.968. The summed E-state index contributed by atoms with van der Waals surface area (Å²) in [7, 11) is 0. The van der Waals surface area contributed by atoms with Crippen molar-refractivity contribution in [3.63, 3.8) is 0 Å². The van der Waals surface area contributed by atoms with Crippen LogP contribution in [0.3, 0.4) is 0 Å². The number of ether oxygens (including phenoxy) is 2. The Morgan fingerprint density at radius 3 is 2.38 bits per heavy atom. The molecule has 0 heterocycles. The van der Waals surface area contributed by atoms with Gasteiger partial charge in [-0.25, -0.2) is 4.79 Å². The normalized spacial score (nSPS) is 12.5. The summed E-state index contributed by atoms with van der Waals surface area (Å²) in [4.78, 5) is 16.3. The van der Waals surface area contributed by atoms with E-state index in [1.54, 1.807) is 6.08 Å². The van der Waals surface area contributed by atoms with Crippen molar-refractivity contribution in [3.05, 3.63) is 65.7 Å². The molecule has 0 aliphatic carbocycles. The Balaban J connectivity index is 1.80. The standard InChI is InChI=1S/C27H34ClNO3/c1-4-5-6-17-31-26-14-9-23(10-15-26)19-29-25-12-7-22(8-13-25)11-16-27(30)32-20-24(28)18-21(2)3/h7-16,19,21,24H,4-6,17-18,20H2,1-3H3/b16-11+,29-19?. The lowest BCUT2D eigenvalue weighted by molar-refractivity contribution is -0.137. The zero-order valence-electron chi connectivity index (χ0n) is 19.3. The van der Waals surface area contributed by atoms with Crippen LogP contribution in [0.1, 0.15) is 57.6 Å². The summed E-state index contributed by atoms with van der Waals surface area (Å²) in [5.41, 5.74) is 2.74. The highest BCUT2D eigenvalue weighted by Crippen LogP contribution is 2.16. The van der Waals surface area contributed by atoms with Gasteiger partial charge < -0.3 is 9.47 Å². The van der Waals surface area contributed by atoms with Crippen molar-refractivity contribution in [1.29, 1.82) is 0 Å². The Hall–Kier alpha value is -2.59. The fraction of sp³-hybridized carbons (Fsp3) is 0.407. The first kappa shape index (κ1) is 25.7. The molecule has 0 saturated carbocycles. The number of aliphatic imine (C=N–C) groups is 1. The van der Waals surface area contributed by atoms with Gasteiger partial charge in [0.2, 0.25) is 0 Å². The van der Waals surface area contributed by atoms with Gasteiger partial charge in [0.05, 0.1) is 17.7 Å². The molecule has 0 aromatic heterocycles. The van der Waals surface area contributed by atoms with Gasteiger partial charge in [0.1, 0.15) is 12.4 Å². The number of esters is 1. The number of hydrogen-bond acceptors (Lipinski definition) is 4. The highest BCUT2D eigenvalue weighted by Gasteiger charge is 2.09. The molecule has 0 spiro atoms. The van der Waals surface area contributed by atoms with Crippen molar-refractivity contribution in [1.82, 2.24) is 0 Å². The van der Waals surface area contributed by atoms with Crippen molar-refractivity contribution in [3.8, 4) is 5.75 Å². The number of nitrogens with zero attached hydrogens (tertiary/aromatic N) is 1.